The minimum atomic E-state index is -3.92. The molecule has 0 saturated heterocycles. The fourth-order valence-electron chi connectivity index (χ4n) is 2.51. The summed E-state index contributed by atoms with van der Waals surface area (Å²) in [5.74, 6) is -0.504. The van der Waals surface area contributed by atoms with E-state index in [0.717, 1.165) is 9.87 Å². The standard InChI is InChI=1S/C20H19N3O6S/c1-14(24)15-8-10-17(11-9-15)30(26,27)23(2)12-19(25)28-13-18-21-20(22-29-18)16-6-4-3-5-7-16/h3-11H,12-13H2,1-2H3. The van der Waals surface area contributed by atoms with Crippen molar-refractivity contribution in [2.24, 2.45) is 0 Å². The molecule has 0 aliphatic rings. The van der Waals surface area contributed by atoms with Gasteiger partial charge in [-0.05, 0) is 19.1 Å². The van der Waals surface area contributed by atoms with Gasteiger partial charge in [0.1, 0.15) is 6.54 Å². The largest absolute Gasteiger partial charge is 0.455 e. The van der Waals surface area contributed by atoms with Crippen molar-refractivity contribution in [3.05, 3.63) is 66.1 Å². The zero-order valence-corrected chi connectivity index (χ0v) is 17.1. The van der Waals surface area contributed by atoms with E-state index in [1.807, 2.05) is 30.3 Å². The Morgan fingerprint density at radius 2 is 1.73 bits per heavy atom. The van der Waals surface area contributed by atoms with Crippen LogP contribution in [0.4, 0.5) is 0 Å². The second-order valence-electron chi connectivity index (χ2n) is 6.38. The predicted molar refractivity (Wildman–Crippen MR) is 106 cm³/mol. The molecule has 1 heterocycles. The Balaban J connectivity index is 1.58. The molecule has 0 amide bonds. The van der Waals surface area contributed by atoms with Gasteiger partial charge in [0, 0.05) is 18.2 Å². The number of carbonyl (C=O) groups excluding carboxylic acids is 2. The highest BCUT2D eigenvalue weighted by Gasteiger charge is 2.24. The first-order chi connectivity index (χ1) is 14.3. The Bertz CT molecular complexity index is 1140. The van der Waals surface area contributed by atoms with Gasteiger partial charge in [-0.2, -0.15) is 9.29 Å². The van der Waals surface area contributed by atoms with E-state index in [2.05, 4.69) is 10.1 Å². The summed E-state index contributed by atoms with van der Waals surface area (Å²) in [7, 11) is -2.66. The SMILES string of the molecule is CC(=O)c1ccc(S(=O)(=O)N(C)CC(=O)OCc2nc(-c3ccccc3)no2)cc1. The smallest absolute Gasteiger partial charge is 0.321 e. The Morgan fingerprint density at radius 3 is 2.37 bits per heavy atom. The van der Waals surface area contributed by atoms with Gasteiger partial charge in [0.05, 0.1) is 4.90 Å². The summed E-state index contributed by atoms with van der Waals surface area (Å²) >= 11 is 0. The molecule has 3 aromatic rings. The maximum absolute atomic E-state index is 12.6. The van der Waals surface area contributed by atoms with Crippen LogP contribution in [-0.4, -0.2) is 48.2 Å². The normalized spacial score (nSPS) is 11.4. The third-order valence-electron chi connectivity index (χ3n) is 4.18. The molecular formula is C20H19N3O6S. The molecule has 0 atom stereocenters. The van der Waals surface area contributed by atoms with Crippen LogP contribution in [0.15, 0.2) is 64.0 Å². The first-order valence-corrected chi connectivity index (χ1v) is 10.3. The van der Waals surface area contributed by atoms with Crippen LogP contribution in [0.5, 0.6) is 0 Å². The minimum Gasteiger partial charge on any atom is -0.455 e. The molecule has 30 heavy (non-hydrogen) atoms. The highest BCUT2D eigenvalue weighted by atomic mass is 32.2. The Morgan fingerprint density at radius 1 is 1.07 bits per heavy atom. The average Bonchev–Trinajstić information content (AvgIpc) is 3.22. The van der Waals surface area contributed by atoms with Crippen LogP contribution in [0.25, 0.3) is 11.4 Å². The quantitative estimate of drug-likeness (QED) is 0.395. The van der Waals surface area contributed by atoms with E-state index in [1.54, 1.807) is 0 Å². The molecule has 1 aromatic heterocycles. The number of likely N-dealkylation sites (N-methyl/N-ethyl adjacent to an activating group) is 1. The topological polar surface area (TPSA) is 120 Å². The fraction of sp³-hybridized carbons (Fsp3) is 0.200. The summed E-state index contributed by atoms with van der Waals surface area (Å²) in [6.45, 7) is 0.605. The molecule has 0 spiro atoms. The van der Waals surface area contributed by atoms with Crippen LogP contribution < -0.4 is 0 Å². The third kappa shape index (κ3) is 4.97. The predicted octanol–water partition coefficient (Wildman–Crippen LogP) is 2.30. The molecule has 0 bridgehead atoms. The second-order valence-corrected chi connectivity index (χ2v) is 8.42. The van der Waals surface area contributed by atoms with Crippen molar-refractivity contribution in [1.29, 1.82) is 0 Å². The first kappa shape index (κ1) is 21.3. The first-order valence-electron chi connectivity index (χ1n) is 8.88. The van der Waals surface area contributed by atoms with Crippen LogP contribution in [0.1, 0.15) is 23.2 Å². The summed E-state index contributed by atoms with van der Waals surface area (Å²) in [5, 5.41) is 3.82. The average molecular weight is 429 g/mol. The van der Waals surface area contributed by atoms with E-state index in [9.17, 15) is 18.0 Å². The van der Waals surface area contributed by atoms with Gasteiger partial charge in [0.2, 0.25) is 15.8 Å². The number of hydrogen-bond acceptors (Lipinski definition) is 8. The van der Waals surface area contributed by atoms with Crippen molar-refractivity contribution in [3.63, 3.8) is 0 Å². The molecule has 10 heteroatoms. The van der Waals surface area contributed by atoms with E-state index in [4.69, 9.17) is 9.26 Å². The number of aromatic nitrogens is 2. The Hall–Kier alpha value is -3.37. The highest BCUT2D eigenvalue weighted by Crippen LogP contribution is 2.17. The van der Waals surface area contributed by atoms with Crippen LogP contribution in [0.2, 0.25) is 0 Å². The van der Waals surface area contributed by atoms with Gasteiger partial charge in [-0.25, -0.2) is 8.42 Å². The number of Topliss-reactive ketones (excluding diaryl/α,β-unsaturated/α-hetero) is 1. The number of ether oxygens (including phenoxy) is 1. The van der Waals surface area contributed by atoms with E-state index in [1.165, 1.54) is 38.2 Å². The summed E-state index contributed by atoms with van der Waals surface area (Å²) in [6, 6.07) is 14.6. The number of benzene rings is 2. The summed E-state index contributed by atoms with van der Waals surface area (Å²) in [5.41, 5.74) is 1.14. The van der Waals surface area contributed by atoms with E-state index < -0.39 is 22.5 Å². The Kier molecular flexibility index (Phi) is 6.38. The van der Waals surface area contributed by atoms with E-state index >= 15 is 0 Å². The number of carbonyl (C=O) groups is 2. The molecule has 0 radical (unpaired) electrons. The molecule has 0 aliphatic carbocycles. The molecule has 0 aliphatic heterocycles. The minimum absolute atomic E-state index is 0.0350. The number of esters is 1. The number of nitrogens with zero attached hydrogens (tertiary/aromatic N) is 3. The maximum atomic E-state index is 12.6. The van der Waals surface area contributed by atoms with Crippen molar-refractivity contribution < 1.29 is 27.3 Å². The summed E-state index contributed by atoms with van der Waals surface area (Å²) in [6.07, 6.45) is 0. The molecule has 0 N–H and O–H groups in total. The Labute approximate surface area is 173 Å². The van der Waals surface area contributed by atoms with Gasteiger partial charge < -0.3 is 9.26 Å². The molecule has 3 rings (SSSR count). The van der Waals surface area contributed by atoms with Gasteiger partial charge in [-0.1, -0.05) is 47.6 Å². The van der Waals surface area contributed by atoms with Crippen molar-refractivity contribution in [2.45, 2.75) is 18.4 Å². The second kappa shape index (κ2) is 8.97. The molecule has 156 valence electrons. The summed E-state index contributed by atoms with van der Waals surface area (Å²) in [4.78, 5) is 27.5. The lowest BCUT2D eigenvalue weighted by Crippen LogP contribution is -2.33. The van der Waals surface area contributed by atoms with Gasteiger partial charge in [-0.3, -0.25) is 9.59 Å². The number of sulfonamides is 1. The van der Waals surface area contributed by atoms with Gasteiger partial charge in [0.15, 0.2) is 12.4 Å². The van der Waals surface area contributed by atoms with Gasteiger partial charge in [0.25, 0.3) is 5.89 Å². The van der Waals surface area contributed by atoms with Crippen molar-refractivity contribution in [2.75, 3.05) is 13.6 Å². The summed E-state index contributed by atoms with van der Waals surface area (Å²) < 4.78 is 36.1. The van der Waals surface area contributed by atoms with Crippen molar-refractivity contribution >= 4 is 21.8 Å². The number of rotatable bonds is 8. The van der Waals surface area contributed by atoms with E-state index in [0.29, 0.717) is 11.4 Å². The van der Waals surface area contributed by atoms with Gasteiger partial charge >= 0.3 is 5.97 Å². The zero-order chi connectivity index (χ0) is 21.7. The maximum Gasteiger partial charge on any atom is 0.321 e. The number of hydrogen-bond donors (Lipinski definition) is 0. The van der Waals surface area contributed by atoms with Crippen LogP contribution in [0.3, 0.4) is 0 Å². The molecule has 9 nitrogen and oxygen atoms in total. The molecule has 0 fully saturated rings. The van der Waals surface area contributed by atoms with E-state index in [-0.39, 0.29) is 23.2 Å². The lowest BCUT2D eigenvalue weighted by atomic mass is 10.2. The van der Waals surface area contributed by atoms with Crippen LogP contribution in [0, 0.1) is 0 Å². The monoisotopic (exact) mass is 429 g/mol. The lowest BCUT2D eigenvalue weighted by molar-refractivity contribution is -0.145. The van der Waals surface area contributed by atoms with Crippen molar-refractivity contribution in [1.82, 2.24) is 14.4 Å². The molecule has 2 aromatic carbocycles. The molecule has 0 saturated carbocycles. The van der Waals surface area contributed by atoms with Gasteiger partial charge in [-0.15, -0.1) is 0 Å². The fourth-order valence-corrected chi connectivity index (χ4v) is 3.63. The highest BCUT2D eigenvalue weighted by molar-refractivity contribution is 7.89. The third-order valence-corrected chi connectivity index (χ3v) is 6.00. The molecular weight excluding hydrogens is 410 g/mol. The van der Waals surface area contributed by atoms with Crippen LogP contribution >= 0.6 is 0 Å². The van der Waals surface area contributed by atoms with Crippen molar-refractivity contribution in [3.8, 4) is 11.4 Å². The van der Waals surface area contributed by atoms with Crippen LogP contribution in [-0.2, 0) is 26.2 Å². The number of ketones is 1. The zero-order valence-electron chi connectivity index (χ0n) is 16.3. The molecule has 0 unspecified atom stereocenters. The lowest BCUT2D eigenvalue weighted by Gasteiger charge is -2.16.